The molecule has 170 valence electrons. The molecule has 1 aliphatic heterocycles. The summed E-state index contributed by atoms with van der Waals surface area (Å²) in [5.41, 5.74) is 2.55. The summed E-state index contributed by atoms with van der Waals surface area (Å²) in [7, 11) is -3.55. The highest BCUT2D eigenvalue weighted by atomic mass is 32.2. The van der Waals surface area contributed by atoms with Crippen LogP contribution in [0.4, 0.5) is 5.95 Å². The number of imidazole rings is 1. The molecule has 1 fully saturated rings. The molecule has 7 nitrogen and oxygen atoms in total. The summed E-state index contributed by atoms with van der Waals surface area (Å²) in [5, 5.41) is 3.01. The zero-order valence-electron chi connectivity index (χ0n) is 19.0. The highest BCUT2D eigenvalue weighted by Gasteiger charge is 2.33. The molecule has 4 rings (SSSR count). The van der Waals surface area contributed by atoms with E-state index in [1.165, 1.54) is 4.31 Å². The standard InChI is InChI=1S/C24H30N4O3S/c1-17-9-11-19(12-10-17)32(30,31)27-15-13-18(14-16-27)22(29)26-23-25-20-7-5-6-8-21(20)28(23)24(2,3)4/h5-12,18H,13-16H2,1-4H3,(H,25,26,29). The monoisotopic (exact) mass is 454 g/mol. The Bertz CT molecular complexity index is 1230. The number of rotatable bonds is 4. The van der Waals surface area contributed by atoms with E-state index < -0.39 is 10.0 Å². The smallest absolute Gasteiger partial charge is 0.243 e. The average Bonchev–Trinajstić information content (AvgIpc) is 3.12. The lowest BCUT2D eigenvalue weighted by atomic mass is 9.97. The zero-order chi connectivity index (χ0) is 23.1. The van der Waals surface area contributed by atoms with Crippen LogP contribution in [0.5, 0.6) is 0 Å². The van der Waals surface area contributed by atoms with Gasteiger partial charge in [0, 0.05) is 24.5 Å². The van der Waals surface area contributed by atoms with Gasteiger partial charge in [0.2, 0.25) is 21.9 Å². The second kappa shape index (κ2) is 8.33. The third-order valence-electron chi connectivity index (χ3n) is 5.95. The number of para-hydroxylation sites is 2. The molecule has 1 N–H and O–H groups in total. The maximum absolute atomic E-state index is 13.1. The molecule has 1 aliphatic rings. The lowest BCUT2D eigenvalue weighted by Gasteiger charge is -2.31. The third-order valence-corrected chi connectivity index (χ3v) is 7.86. The van der Waals surface area contributed by atoms with Crippen molar-refractivity contribution in [3.05, 3.63) is 54.1 Å². The van der Waals surface area contributed by atoms with Gasteiger partial charge in [0.25, 0.3) is 0 Å². The van der Waals surface area contributed by atoms with E-state index in [4.69, 9.17) is 0 Å². The van der Waals surface area contributed by atoms with Crippen LogP contribution in [0, 0.1) is 12.8 Å². The number of hydrogen-bond donors (Lipinski definition) is 1. The Morgan fingerprint density at radius 1 is 1.03 bits per heavy atom. The number of sulfonamides is 1. The number of fused-ring (bicyclic) bond motifs is 1. The van der Waals surface area contributed by atoms with E-state index in [9.17, 15) is 13.2 Å². The van der Waals surface area contributed by atoms with Crippen molar-refractivity contribution >= 4 is 32.9 Å². The van der Waals surface area contributed by atoms with Gasteiger partial charge in [-0.3, -0.25) is 10.1 Å². The molecule has 0 spiro atoms. The molecule has 2 heterocycles. The molecule has 0 aliphatic carbocycles. The number of nitrogens with zero attached hydrogens (tertiary/aromatic N) is 3. The molecule has 0 atom stereocenters. The molecule has 0 radical (unpaired) electrons. The molecule has 0 bridgehead atoms. The molecule has 3 aromatic rings. The Hall–Kier alpha value is -2.71. The largest absolute Gasteiger partial charge is 0.305 e. The summed E-state index contributed by atoms with van der Waals surface area (Å²) in [6.45, 7) is 8.80. The van der Waals surface area contributed by atoms with E-state index in [2.05, 4.69) is 31.1 Å². The molecular formula is C24H30N4O3S. The van der Waals surface area contributed by atoms with Gasteiger partial charge in [-0.25, -0.2) is 13.4 Å². The second-order valence-corrected chi connectivity index (χ2v) is 11.3. The first-order valence-corrected chi connectivity index (χ1v) is 12.4. The first-order chi connectivity index (χ1) is 15.1. The molecule has 1 aromatic heterocycles. The Morgan fingerprint density at radius 3 is 2.28 bits per heavy atom. The van der Waals surface area contributed by atoms with Gasteiger partial charge in [0.1, 0.15) is 0 Å². The first-order valence-electron chi connectivity index (χ1n) is 10.9. The number of nitrogens with one attached hydrogen (secondary N) is 1. The maximum Gasteiger partial charge on any atom is 0.243 e. The van der Waals surface area contributed by atoms with E-state index in [1.54, 1.807) is 24.3 Å². The number of aromatic nitrogens is 2. The summed E-state index contributed by atoms with van der Waals surface area (Å²) in [4.78, 5) is 18.0. The zero-order valence-corrected chi connectivity index (χ0v) is 19.8. The first kappa shape index (κ1) is 22.5. The molecule has 32 heavy (non-hydrogen) atoms. The fourth-order valence-electron chi connectivity index (χ4n) is 4.22. The quantitative estimate of drug-likeness (QED) is 0.642. The SMILES string of the molecule is Cc1ccc(S(=O)(=O)N2CCC(C(=O)Nc3nc4ccccc4n3C(C)(C)C)CC2)cc1. The number of amides is 1. The third kappa shape index (κ3) is 4.29. The van der Waals surface area contributed by atoms with E-state index in [0.717, 1.165) is 16.6 Å². The van der Waals surface area contributed by atoms with Gasteiger partial charge < -0.3 is 4.57 Å². The van der Waals surface area contributed by atoms with Crippen molar-refractivity contribution in [1.82, 2.24) is 13.9 Å². The van der Waals surface area contributed by atoms with Crippen LogP contribution < -0.4 is 5.32 Å². The van der Waals surface area contributed by atoms with Crippen molar-refractivity contribution in [2.75, 3.05) is 18.4 Å². The van der Waals surface area contributed by atoms with Crippen molar-refractivity contribution < 1.29 is 13.2 Å². The van der Waals surface area contributed by atoms with Gasteiger partial charge in [-0.15, -0.1) is 0 Å². The molecule has 2 aromatic carbocycles. The van der Waals surface area contributed by atoms with Gasteiger partial charge in [0.15, 0.2) is 0 Å². The maximum atomic E-state index is 13.1. The van der Waals surface area contributed by atoms with Gasteiger partial charge in [0.05, 0.1) is 15.9 Å². The van der Waals surface area contributed by atoms with E-state index in [-0.39, 0.29) is 17.4 Å². The predicted octanol–water partition coefficient (Wildman–Crippen LogP) is 4.14. The van der Waals surface area contributed by atoms with Crippen LogP contribution in [-0.2, 0) is 20.4 Å². The molecule has 8 heteroatoms. The van der Waals surface area contributed by atoms with Gasteiger partial charge in [-0.2, -0.15) is 4.31 Å². The van der Waals surface area contributed by atoms with Crippen LogP contribution in [0.25, 0.3) is 11.0 Å². The number of anilines is 1. The summed E-state index contributed by atoms with van der Waals surface area (Å²) < 4.78 is 29.4. The van der Waals surface area contributed by atoms with Crippen molar-refractivity contribution in [1.29, 1.82) is 0 Å². The summed E-state index contributed by atoms with van der Waals surface area (Å²) >= 11 is 0. The molecule has 0 saturated carbocycles. The Kier molecular flexibility index (Phi) is 5.85. The van der Waals surface area contributed by atoms with E-state index >= 15 is 0 Å². The highest BCUT2D eigenvalue weighted by molar-refractivity contribution is 7.89. The van der Waals surface area contributed by atoms with Crippen molar-refractivity contribution in [3.63, 3.8) is 0 Å². The minimum Gasteiger partial charge on any atom is -0.305 e. The number of aryl methyl sites for hydroxylation is 1. The Morgan fingerprint density at radius 2 is 1.66 bits per heavy atom. The average molecular weight is 455 g/mol. The number of carbonyl (C=O) groups is 1. The molecule has 1 saturated heterocycles. The minimum absolute atomic E-state index is 0.113. The lowest BCUT2D eigenvalue weighted by Crippen LogP contribution is -2.41. The Labute approximate surface area is 189 Å². The summed E-state index contributed by atoms with van der Waals surface area (Å²) in [6.07, 6.45) is 0.958. The van der Waals surface area contributed by atoms with Gasteiger partial charge in [-0.05, 0) is 64.8 Å². The highest BCUT2D eigenvalue weighted by Crippen LogP contribution is 2.29. The van der Waals surface area contributed by atoms with Crippen LogP contribution in [0.2, 0.25) is 0 Å². The van der Waals surface area contributed by atoms with Crippen LogP contribution in [-0.4, -0.2) is 41.3 Å². The van der Waals surface area contributed by atoms with Crippen LogP contribution >= 0.6 is 0 Å². The molecule has 0 unspecified atom stereocenters. The summed E-state index contributed by atoms with van der Waals surface area (Å²) in [6, 6.07) is 14.7. The number of hydrogen-bond acceptors (Lipinski definition) is 4. The van der Waals surface area contributed by atoms with Gasteiger partial charge in [-0.1, -0.05) is 29.8 Å². The number of piperidine rings is 1. The fourth-order valence-corrected chi connectivity index (χ4v) is 5.69. The molecular weight excluding hydrogens is 424 g/mol. The lowest BCUT2D eigenvalue weighted by molar-refractivity contribution is -0.121. The minimum atomic E-state index is -3.55. The van der Waals surface area contributed by atoms with Crippen LogP contribution in [0.15, 0.2) is 53.4 Å². The Balaban J connectivity index is 1.47. The van der Waals surface area contributed by atoms with Crippen LogP contribution in [0.1, 0.15) is 39.2 Å². The normalized spacial score (nSPS) is 16.4. The van der Waals surface area contributed by atoms with E-state index in [1.807, 2.05) is 35.8 Å². The van der Waals surface area contributed by atoms with Crippen molar-refractivity contribution in [3.8, 4) is 0 Å². The topological polar surface area (TPSA) is 84.3 Å². The fraction of sp³-hybridized carbons (Fsp3) is 0.417. The van der Waals surface area contributed by atoms with Crippen molar-refractivity contribution in [2.45, 2.75) is 51.0 Å². The van der Waals surface area contributed by atoms with Crippen molar-refractivity contribution in [2.24, 2.45) is 5.92 Å². The van der Waals surface area contributed by atoms with Crippen LogP contribution in [0.3, 0.4) is 0 Å². The molecule has 1 amide bonds. The predicted molar refractivity (Wildman–Crippen MR) is 126 cm³/mol. The van der Waals surface area contributed by atoms with Gasteiger partial charge >= 0.3 is 0 Å². The number of carbonyl (C=O) groups excluding carboxylic acids is 1. The van der Waals surface area contributed by atoms with E-state index in [0.29, 0.717) is 36.8 Å². The summed E-state index contributed by atoms with van der Waals surface area (Å²) in [5.74, 6) is 0.157. The second-order valence-electron chi connectivity index (χ2n) is 9.41. The number of benzene rings is 2.